The van der Waals surface area contributed by atoms with Crippen molar-refractivity contribution in [3.05, 3.63) is 52.7 Å². The second-order valence-electron chi connectivity index (χ2n) is 5.01. The standard InChI is InChI=1S/C16H15F2N3OS/c1-2-13-20-15(9-6-7-23-16(9)21-13)19-8-12(22)14-10(17)4-3-5-11(14)18/h3-7,12,22H,2,8H2,1H3,(H,19,20,21)/t12-/m0/s1. The number of hydrogen-bond donors (Lipinski definition) is 2. The van der Waals surface area contributed by atoms with Gasteiger partial charge in [0.2, 0.25) is 0 Å². The first-order valence-electron chi connectivity index (χ1n) is 7.20. The van der Waals surface area contributed by atoms with Crippen molar-refractivity contribution in [2.45, 2.75) is 19.4 Å². The zero-order valence-electron chi connectivity index (χ0n) is 12.4. The number of benzene rings is 1. The molecule has 7 heteroatoms. The molecule has 3 aromatic rings. The second-order valence-corrected chi connectivity index (χ2v) is 5.91. The number of aromatic nitrogens is 2. The van der Waals surface area contributed by atoms with Crippen LogP contribution in [0.15, 0.2) is 29.6 Å². The summed E-state index contributed by atoms with van der Waals surface area (Å²) >= 11 is 1.49. The van der Waals surface area contributed by atoms with Crippen molar-refractivity contribution < 1.29 is 13.9 Å². The van der Waals surface area contributed by atoms with Gasteiger partial charge in [-0.25, -0.2) is 18.7 Å². The molecule has 1 atom stereocenters. The summed E-state index contributed by atoms with van der Waals surface area (Å²) in [4.78, 5) is 9.64. The monoisotopic (exact) mass is 335 g/mol. The maximum atomic E-state index is 13.7. The Hall–Kier alpha value is -2.12. The highest BCUT2D eigenvalue weighted by atomic mass is 32.1. The van der Waals surface area contributed by atoms with Gasteiger partial charge in [-0.15, -0.1) is 11.3 Å². The van der Waals surface area contributed by atoms with Crippen LogP contribution >= 0.6 is 11.3 Å². The first-order valence-corrected chi connectivity index (χ1v) is 8.08. The van der Waals surface area contributed by atoms with E-state index in [9.17, 15) is 13.9 Å². The van der Waals surface area contributed by atoms with Gasteiger partial charge in [0, 0.05) is 13.0 Å². The van der Waals surface area contributed by atoms with Crippen molar-refractivity contribution in [2.75, 3.05) is 11.9 Å². The van der Waals surface area contributed by atoms with Crippen LogP contribution in [-0.4, -0.2) is 21.6 Å². The topological polar surface area (TPSA) is 58.0 Å². The predicted octanol–water partition coefficient (Wildman–Crippen LogP) is 3.68. The van der Waals surface area contributed by atoms with Gasteiger partial charge in [0.05, 0.1) is 10.9 Å². The molecule has 0 unspecified atom stereocenters. The Morgan fingerprint density at radius 3 is 2.65 bits per heavy atom. The molecule has 0 bridgehead atoms. The quantitative estimate of drug-likeness (QED) is 0.747. The van der Waals surface area contributed by atoms with E-state index in [0.717, 1.165) is 22.3 Å². The molecule has 0 aliphatic rings. The molecule has 0 aliphatic carbocycles. The lowest BCUT2D eigenvalue weighted by Crippen LogP contribution is -2.16. The van der Waals surface area contributed by atoms with Crippen LogP contribution in [0.25, 0.3) is 10.2 Å². The Labute approximate surface area is 135 Å². The first kappa shape index (κ1) is 15.8. The summed E-state index contributed by atoms with van der Waals surface area (Å²) < 4.78 is 27.4. The van der Waals surface area contributed by atoms with Gasteiger partial charge in [-0.3, -0.25) is 0 Å². The molecule has 0 radical (unpaired) electrons. The van der Waals surface area contributed by atoms with E-state index in [0.29, 0.717) is 18.1 Å². The summed E-state index contributed by atoms with van der Waals surface area (Å²) in [7, 11) is 0. The van der Waals surface area contributed by atoms with Crippen molar-refractivity contribution in [2.24, 2.45) is 0 Å². The summed E-state index contributed by atoms with van der Waals surface area (Å²) in [5, 5.41) is 15.8. The summed E-state index contributed by atoms with van der Waals surface area (Å²) in [6, 6.07) is 5.39. The molecule has 4 nitrogen and oxygen atoms in total. The molecule has 2 N–H and O–H groups in total. The minimum atomic E-state index is -1.31. The van der Waals surface area contributed by atoms with Crippen LogP contribution in [-0.2, 0) is 6.42 Å². The lowest BCUT2D eigenvalue weighted by molar-refractivity contribution is 0.181. The van der Waals surface area contributed by atoms with E-state index in [1.807, 2.05) is 18.4 Å². The van der Waals surface area contributed by atoms with Crippen molar-refractivity contribution >= 4 is 27.4 Å². The van der Waals surface area contributed by atoms with Crippen molar-refractivity contribution in [3.63, 3.8) is 0 Å². The third kappa shape index (κ3) is 3.16. The van der Waals surface area contributed by atoms with Gasteiger partial charge >= 0.3 is 0 Å². The average molecular weight is 335 g/mol. The van der Waals surface area contributed by atoms with Crippen molar-refractivity contribution in [1.29, 1.82) is 0 Å². The maximum Gasteiger partial charge on any atom is 0.138 e. The Kier molecular flexibility index (Phi) is 4.49. The molecule has 0 fully saturated rings. The molecular weight excluding hydrogens is 320 g/mol. The molecule has 1 aromatic carbocycles. The summed E-state index contributed by atoms with van der Waals surface area (Å²) in [5.41, 5.74) is -0.341. The smallest absolute Gasteiger partial charge is 0.138 e. The highest BCUT2D eigenvalue weighted by Gasteiger charge is 2.18. The molecule has 2 aromatic heterocycles. The largest absolute Gasteiger partial charge is 0.386 e. The molecule has 120 valence electrons. The lowest BCUT2D eigenvalue weighted by atomic mass is 10.1. The average Bonchev–Trinajstić information content (AvgIpc) is 3.00. The van der Waals surface area contributed by atoms with Gasteiger partial charge in [0.25, 0.3) is 0 Å². The third-order valence-electron chi connectivity index (χ3n) is 3.48. The lowest BCUT2D eigenvalue weighted by Gasteiger charge is -2.15. The molecule has 3 rings (SSSR count). The number of fused-ring (bicyclic) bond motifs is 1. The number of halogens is 2. The van der Waals surface area contributed by atoms with Crippen LogP contribution in [0.4, 0.5) is 14.6 Å². The Morgan fingerprint density at radius 1 is 1.22 bits per heavy atom. The van der Waals surface area contributed by atoms with Crippen LogP contribution in [0, 0.1) is 11.6 Å². The minimum absolute atomic E-state index is 0.0526. The zero-order valence-corrected chi connectivity index (χ0v) is 13.2. The number of nitrogens with zero attached hydrogens (tertiary/aromatic N) is 2. The van der Waals surface area contributed by atoms with Gasteiger partial charge < -0.3 is 10.4 Å². The maximum absolute atomic E-state index is 13.7. The predicted molar refractivity (Wildman–Crippen MR) is 86.6 cm³/mol. The number of hydrogen-bond acceptors (Lipinski definition) is 5. The van der Waals surface area contributed by atoms with Crippen LogP contribution in [0.3, 0.4) is 0 Å². The van der Waals surface area contributed by atoms with Gasteiger partial charge in [-0.2, -0.15) is 0 Å². The number of thiophene rings is 1. The summed E-state index contributed by atoms with van der Waals surface area (Å²) in [5.74, 6) is -0.299. The number of rotatable bonds is 5. The third-order valence-corrected chi connectivity index (χ3v) is 4.29. The van der Waals surface area contributed by atoms with Crippen LogP contribution < -0.4 is 5.32 Å². The van der Waals surface area contributed by atoms with E-state index in [2.05, 4.69) is 15.3 Å². The fourth-order valence-electron chi connectivity index (χ4n) is 2.32. The molecule has 2 heterocycles. The summed E-state index contributed by atoms with van der Waals surface area (Å²) in [6.45, 7) is 1.89. The summed E-state index contributed by atoms with van der Waals surface area (Å²) in [6.07, 6.45) is -0.641. The Morgan fingerprint density at radius 2 is 1.96 bits per heavy atom. The molecule has 23 heavy (non-hydrogen) atoms. The van der Waals surface area contributed by atoms with Crippen molar-refractivity contribution in [3.8, 4) is 0 Å². The van der Waals surface area contributed by atoms with Gasteiger partial charge in [-0.05, 0) is 23.6 Å². The Balaban J connectivity index is 1.84. The van der Waals surface area contributed by atoms with E-state index < -0.39 is 17.7 Å². The highest BCUT2D eigenvalue weighted by molar-refractivity contribution is 7.16. The Bertz CT molecular complexity index is 817. The van der Waals surface area contributed by atoms with Crippen molar-refractivity contribution in [1.82, 2.24) is 9.97 Å². The van der Waals surface area contributed by atoms with Gasteiger partial charge in [0.1, 0.15) is 34.2 Å². The normalized spacial score (nSPS) is 12.5. The molecule has 0 aliphatic heterocycles. The highest BCUT2D eigenvalue weighted by Crippen LogP contribution is 2.26. The molecule has 0 spiro atoms. The van der Waals surface area contributed by atoms with Gasteiger partial charge in [0.15, 0.2) is 0 Å². The first-order chi connectivity index (χ1) is 11.1. The minimum Gasteiger partial charge on any atom is -0.386 e. The van der Waals surface area contributed by atoms with E-state index in [4.69, 9.17) is 0 Å². The van der Waals surface area contributed by atoms with E-state index >= 15 is 0 Å². The van der Waals surface area contributed by atoms with Crippen LogP contribution in [0.2, 0.25) is 0 Å². The van der Waals surface area contributed by atoms with Crippen LogP contribution in [0.5, 0.6) is 0 Å². The number of nitrogens with one attached hydrogen (secondary N) is 1. The fourth-order valence-corrected chi connectivity index (χ4v) is 3.10. The molecule has 0 saturated carbocycles. The molecule has 0 saturated heterocycles. The van der Waals surface area contributed by atoms with E-state index in [1.165, 1.54) is 17.4 Å². The zero-order chi connectivity index (χ0) is 16.4. The number of aryl methyl sites for hydroxylation is 1. The number of anilines is 1. The van der Waals surface area contributed by atoms with Gasteiger partial charge in [-0.1, -0.05) is 13.0 Å². The fraction of sp³-hybridized carbons (Fsp3) is 0.250. The second kappa shape index (κ2) is 6.55. The number of aliphatic hydroxyl groups is 1. The van der Waals surface area contributed by atoms with Crippen LogP contribution in [0.1, 0.15) is 24.4 Å². The van der Waals surface area contributed by atoms with E-state index in [-0.39, 0.29) is 12.1 Å². The molecule has 0 amide bonds. The number of aliphatic hydroxyl groups excluding tert-OH is 1. The molecular formula is C16H15F2N3OS. The SMILES string of the molecule is CCc1nc(NC[C@H](O)c2c(F)cccc2F)c2ccsc2n1. The van der Waals surface area contributed by atoms with E-state index in [1.54, 1.807) is 0 Å².